The van der Waals surface area contributed by atoms with Gasteiger partial charge in [-0.05, 0) is 85.7 Å². The smallest absolute Gasteiger partial charge is 0.165 e. The van der Waals surface area contributed by atoms with Crippen molar-refractivity contribution in [2.75, 3.05) is 11.9 Å². The molecule has 0 saturated carbocycles. The van der Waals surface area contributed by atoms with Crippen molar-refractivity contribution < 1.29 is 9.18 Å². The summed E-state index contributed by atoms with van der Waals surface area (Å²) < 4.78 is 13.6. The molecule has 3 aromatic carbocycles. The third kappa shape index (κ3) is 10.2. The number of allylic oxidation sites excluding steroid dienone is 3. The van der Waals surface area contributed by atoms with E-state index in [9.17, 15) is 9.18 Å². The molecule has 0 radical (unpaired) electrons. The van der Waals surface area contributed by atoms with Gasteiger partial charge in [-0.25, -0.2) is 4.39 Å². The standard InChI is InChI=1S/C21H28FN.C15H18N2O/c1-5-15(3)14-23-21(18-9-7-8-17(6-2)13-18)19-10-11-20(22)16(4)12-19;1-4-6-12-7-8-14(9-15(12)11(3)16)17-13(5-2)10-18/h7-13,15,21,23H,5-6,14H2,1-4H3;4-10,17H,3,16H2,1-2H3/b;6-4-,13-5-. The normalized spacial score (nSPS) is 12.8. The number of aldehydes is 1. The molecule has 0 aliphatic rings. The topological polar surface area (TPSA) is 67.1 Å². The Labute approximate surface area is 246 Å². The van der Waals surface area contributed by atoms with Gasteiger partial charge in [-0.1, -0.05) is 94.5 Å². The highest BCUT2D eigenvalue weighted by Crippen LogP contribution is 2.26. The first-order valence-electron chi connectivity index (χ1n) is 14.3. The molecule has 2 unspecified atom stereocenters. The Bertz CT molecular complexity index is 1360. The first kappa shape index (κ1) is 33.2. The van der Waals surface area contributed by atoms with Gasteiger partial charge in [0, 0.05) is 16.9 Å². The van der Waals surface area contributed by atoms with Crippen molar-refractivity contribution >= 4 is 23.7 Å². The minimum atomic E-state index is -0.142. The van der Waals surface area contributed by atoms with Crippen LogP contribution in [0.5, 0.6) is 0 Å². The number of carbonyl (C=O) groups excluding carboxylic acids is 1. The Balaban J connectivity index is 0.000000296. The second-order valence-corrected chi connectivity index (χ2v) is 10.3. The average Bonchev–Trinajstić information content (AvgIpc) is 2.98. The molecular weight excluding hydrogens is 509 g/mol. The highest BCUT2D eigenvalue weighted by Gasteiger charge is 2.16. The van der Waals surface area contributed by atoms with Crippen LogP contribution in [0.2, 0.25) is 0 Å². The number of nitrogens with one attached hydrogen (secondary N) is 2. The lowest BCUT2D eigenvalue weighted by atomic mass is 9.94. The van der Waals surface area contributed by atoms with Crippen LogP contribution in [0, 0.1) is 18.7 Å². The molecule has 0 aliphatic carbocycles. The van der Waals surface area contributed by atoms with Crippen molar-refractivity contribution in [3.05, 3.63) is 124 Å². The summed E-state index contributed by atoms with van der Waals surface area (Å²) in [5.41, 5.74) is 13.9. The molecule has 0 amide bonds. The highest BCUT2D eigenvalue weighted by molar-refractivity contribution is 5.81. The Morgan fingerprint density at radius 1 is 1.05 bits per heavy atom. The van der Waals surface area contributed by atoms with E-state index in [2.05, 4.69) is 62.2 Å². The summed E-state index contributed by atoms with van der Waals surface area (Å²) >= 11 is 0. The van der Waals surface area contributed by atoms with Crippen LogP contribution in [0.3, 0.4) is 0 Å². The van der Waals surface area contributed by atoms with Gasteiger partial charge >= 0.3 is 0 Å². The zero-order chi connectivity index (χ0) is 30.4. The molecule has 4 nitrogen and oxygen atoms in total. The first-order chi connectivity index (χ1) is 19.7. The predicted octanol–water partition coefficient (Wildman–Crippen LogP) is 8.59. The molecule has 5 heteroatoms. The van der Waals surface area contributed by atoms with Crippen LogP contribution in [0.25, 0.3) is 11.8 Å². The minimum absolute atomic E-state index is 0.106. The van der Waals surface area contributed by atoms with E-state index in [0.717, 1.165) is 48.1 Å². The first-order valence-corrected chi connectivity index (χ1v) is 14.3. The molecule has 0 spiro atoms. The van der Waals surface area contributed by atoms with Crippen LogP contribution in [0.15, 0.2) is 85.1 Å². The molecule has 0 aliphatic heterocycles. The van der Waals surface area contributed by atoms with Gasteiger partial charge in [0.25, 0.3) is 0 Å². The number of anilines is 1. The number of hydrogen-bond donors (Lipinski definition) is 3. The van der Waals surface area contributed by atoms with Crippen LogP contribution >= 0.6 is 0 Å². The molecule has 4 N–H and O–H groups in total. The molecule has 0 heterocycles. The quantitative estimate of drug-likeness (QED) is 0.155. The maximum atomic E-state index is 13.6. The van der Waals surface area contributed by atoms with E-state index >= 15 is 0 Å². The van der Waals surface area contributed by atoms with Gasteiger partial charge in [0.1, 0.15) is 5.82 Å². The van der Waals surface area contributed by atoms with Crippen LogP contribution in [0.4, 0.5) is 10.1 Å². The Morgan fingerprint density at radius 2 is 1.78 bits per heavy atom. The monoisotopic (exact) mass is 555 g/mol. The number of benzene rings is 3. The van der Waals surface area contributed by atoms with E-state index in [-0.39, 0.29) is 11.9 Å². The van der Waals surface area contributed by atoms with Gasteiger partial charge in [0.05, 0.1) is 11.7 Å². The van der Waals surface area contributed by atoms with Crippen molar-refractivity contribution in [3.63, 3.8) is 0 Å². The predicted molar refractivity (Wildman–Crippen MR) is 174 cm³/mol. The second-order valence-electron chi connectivity index (χ2n) is 10.3. The van der Waals surface area contributed by atoms with E-state index in [0.29, 0.717) is 22.9 Å². The van der Waals surface area contributed by atoms with Gasteiger partial charge in [0.15, 0.2) is 6.29 Å². The Kier molecular flexibility index (Phi) is 13.8. The maximum Gasteiger partial charge on any atom is 0.165 e. The summed E-state index contributed by atoms with van der Waals surface area (Å²) in [6, 6.07) is 19.9. The number of carbonyl (C=O) groups is 1. The van der Waals surface area contributed by atoms with Crippen molar-refractivity contribution in [1.82, 2.24) is 5.32 Å². The molecule has 2 atom stereocenters. The van der Waals surface area contributed by atoms with Crippen LogP contribution in [-0.2, 0) is 11.2 Å². The van der Waals surface area contributed by atoms with Crippen molar-refractivity contribution in [1.29, 1.82) is 0 Å². The van der Waals surface area contributed by atoms with E-state index in [1.165, 1.54) is 11.1 Å². The average molecular weight is 556 g/mol. The molecule has 41 heavy (non-hydrogen) atoms. The molecule has 0 fully saturated rings. The van der Waals surface area contributed by atoms with Gasteiger partial charge in [0.2, 0.25) is 0 Å². The second kappa shape index (κ2) is 17.0. The number of aryl methyl sites for hydroxylation is 2. The van der Waals surface area contributed by atoms with Crippen LogP contribution in [0.1, 0.15) is 80.5 Å². The van der Waals surface area contributed by atoms with E-state index in [4.69, 9.17) is 5.73 Å². The van der Waals surface area contributed by atoms with Crippen LogP contribution < -0.4 is 16.4 Å². The van der Waals surface area contributed by atoms with E-state index < -0.39 is 0 Å². The summed E-state index contributed by atoms with van der Waals surface area (Å²) in [7, 11) is 0. The summed E-state index contributed by atoms with van der Waals surface area (Å²) in [6.45, 7) is 16.9. The summed E-state index contributed by atoms with van der Waals surface area (Å²) in [5.74, 6) is 0.477. The van der Waals surface area contributed by atoms with Gasteiger partial charge < -0.3 is 16.4 Å². The third-order valence-corrected chi connectivity index (χ3v) is 7.05. The SMILES string of the molecule is C=C(N)c1cc(N/C(C=O)=C\C)ccc1/C=C\C.CCc1cccc(C(NCC(C)CC)c2ccc(F)c(C)c2)c1. The summed E-state index contributed by atoms with van der Waals surface area (Å²) in [4.78, 5) is 10.7. The van der Waals surface area contributed by atoms with Crippen molar-refractivity contribution in [2.24, 2.45) is 11.7 Å². The Hall–Kier alpha value is -3.96. The number of halogens is 1. The van der Waals surface area contributed by atoms with Crippen LogP contribution in [-0.4, -0.2) is 12.8 Å². The molecule has 0 aromatic heterocycles. The third-order valence-electron chi connectivity index (χ3n) is 7.05. The summed E-state index contributed by atoms with van der Waals surface area (Å²) in [6.07, 6.45) is 8.57. The molecule has 218 valence electrons. The molecule has 3 rings (SSSR count). The maximum absolute atomic E-state index is 13.6. The van der Waals surface area contributed by atoms with Crippen molar-refractivity contribution in [3.8, 4) is 0 Å². The fourth-order valence-corrected chi connectivity index (χ4v) is 4.30. The summed E-state index contributed by atoms with van der Waals surface area (Å²) in [5, 5.41) is 6.69. The fraction of sp³-hybridized carbons (Fsp3) is 0.306. The van der Waals surface area contributed by atoms with Crippen molar-refractivity contribution in [2.45, 2.75) is 60.4 Å². The van der Waals surface area contributed by atoms with Gasteiger partial charge in [-0.3, -0.25) is 4.79 Å². The lowest BCUT2D eigenvalue weighted by molar-refractivity contribution is -0.104. The zero-order valence-corrected chi connectivity index (χ0v) is 25.4. The largest absolute Gasteiger partial charge is 0.399 e. The lowest BCUT2D eigenvalue weighted by Gasteiger charge is -2.23. The molecule has 0 bridgehead atoms. The number of hydrogen-bond acceptors (Lipinski definition) is 4. The Morgan fingerprint density at radius 3 is 2.37 bits per heavy atom. The van der Waals surface area contributed by atoms with Gasteiger partial charge in [-0.15, -0.1) is 0 Å². The molecule has 3 aromatic rings. The molecular formula is C36H46FN3O. The van der Waals surface area contributed by atoms with Gasteiger partial charge in [-0.2, -0.15) is 0 Å². The zero-order valence-electron chi connectivity index (χ0n) is 25.4. The van der Waals surface area contributed by atoms with E-state index in [1.54, 1.807) is 19.1 Å². The number of rotatable bonds is 12. The minimum Gasteiger partial charge on any atom is -0.399 e. The fourth-order valence-electron chi connectivity index (χ4n) is 4.30. The number of nitrogens with two attached hydrogens (primary N) is 1. The highest BCUT2D eigenvalue weighted by atomic mass is 19.1. The lowest BCUT2D eigenvalue weighted by Crippen LogP contribution is -2.27. The molecule has 0 saturated heterocycles. The van der Waals surface area contributed by atoms with E-state index in [1.807, 2.05) is 56.3 Å².